The second kappa shape index (κ2) is 12.8. The second-order valence-corrected chi connectivity index (χ2v) is 13.6. The third-order valence-corrected chi connectivity index (χ3v) is 9.27. The fourth-order valence-corrected chi connectivity index (χ4v) is 7.10. The number of carbonyl (C=O) groups is 1. The van der Waals surface area contributed by atoms with Crippen molar-refractivity contribution >= 4 is 33.6 Å². The molecule has 0 spiro atoms. The van der Waals surface area contributed by atoms with E-state index in [2.05, 4.69) is 31.0 Å². The Morgan fingerprint density at radius 3 is 2.54 bits per heavy atom. The zero-order valence-corrected chi connectivity index (χ0v) is 27.4. The van der Waals surface area contributed by atoms with Gasteiger partial charge in [0, 0.05) is 63.0 Å². The summed E-state index contributed by atoms with van der Waals surface area (Å²) in [4.78, 5) is 33.3. The maximum Gasteiger partial charge on any atom is 0.410 e. The van der Waals surface area contributed by atoms with E-state index in [1.54, 1.807) is 30.5 Å². The highest BCUT2D eigenvalue weighted by molar-refractivity contribution is 6.02. The van der Waals surface area contributed by atoms with E-state index < -0.39 is 17.2 Å². The van der Waals surface area contributed by atoms with Gasteiger partial charge in [0.2, 0.25) is 0 Å². The number of terminal acetylenes is 1. The first kappa shape index (κ1) is 32.0. The first-order valence-corrected chi connectivity index (χ1v) is 16.5. The number of nitrogens with zero attached hydrogens (tertiary/aromatic N) is 6. The van der Waals surface area contributed by atoms with Gasteiger partial charge in [-0.1, -0.05) is 30.2 Å². The van der Waals surface area contributed by atoms with E-state index in [-0.39, 0.29) is 41.0 Å². The van der Waals surface area contributed by atoms with Gasteiger partial charge in [-0.05, 0) is 45.1 Å². The summed E-state index contributed by atoms with van der Waals surface area (Å²) < 4.78 is 43.4. The number of amides is 1. The number of anilines is 1. The molecule has 5 heterocycles. The highest BCUT2D eigenvalue weighted by atomic mass is 19.1. The molecule has 3 fully saturated rings. The van der Waals surface area contributed by atoms with Crippen LogP contribution < -0.4 is 15.0 Å². The first-order chi connectivity index (χ1) is 23.1. The van der Waals surface area contributed by atoms with Crippen molar-refractivity contribution in [3.05, 3.63) is 53.7 Å². The number of benzene rings is 2. The van der Waals surface area contributed by atoms with Crippen LogP contribution in [0.4, 0.5) is 19.4 Å². The number of rotatable bonds is 6. The van der Waals surface area contributed by atoms with Crippen LogP contribution in [0.15, 0.2) is 36.5 Å². The number of hydrogen-bond acceptors (Lipinski definition) is 9. The van der Waals surface area contributed by atoms with Gasteiger partial charge in [-0.3, -0.25) is 14.8 Å². The van der Waals surface area contributed by atoms with Crippen LogP contribution >= 0.6 is 0 Å². The molecule has 2 unspecified atom stereocenters. The third-order valence-electron chi connectivity index (χ3n) is 9.27. The Morgan fingerprint density at radius 2 is 1.83 bits per heavy atom. The molecule has 2 bridgehead atoms. The lowest BCUT2D eigenvalue weighted by molar-refractivity contribution is 0.0122. The molecule has 3 aliphatic rings. The molecule has 2 aromatic carbocycles. The minimum absolute atomic E-state index is 0.00133. The summed E-state index contributed by atoms with van der Waals surface area (Å²) in [6, 6.07) is 8.04. The van der Waals surface area contributed by atoms with Crippen LogP contribution in [-0.4, -0.2) is 101 Å². The summed E-state index contributed by atoms with van der Waals surface area (Å²) in [6.45, 7) is 11.2. The van der Waals surface area contributed by atoms with Crippen LogP contribution in [-0.2, 0) is 4.74 Å². The topological polar surface area (TPSA) is 96.0 Å². The summed E-state index contributed by atoms with van der Waals surface area (Å²) in [5, 5.41) is 4.83. The Labute approximate surface area is 278 Å². The van der Waals surface area contributed by atoms with Crippen LogP contribution in [0.1, 0.15) is 39.2 Å². The van der Waals surface area contributed by atoms with E-state index in [9.17, 15) is 9.18 Å². The van der Waals surface area contributed by atoms with Crippen molar-refractivity contribution in [1.82, 2.24) is 30.1 Å². The predicted molar refractivity (Wildman–Crippen MR) is 180 cm³/mol. The van der Waals surface area contributed by atoms with E-state index in [0.717, 1.165) is 39.0 Å². The van der Waals surface area contributed by atoms with Crippen molar-refractivity contribution < 1.29 is 23.0 Å². The molecule has 3 aliphatic heterocycles. The van der Waals surface area contributed by atoms with Gasteiger partial charge in [-0.2, -0.15) is 9.97 Å². The van der Waals surface area contributed by atoms with Crippen LogP contribution in [0.2, 0.25) is 0 Å². The molecule has 0 radical (unpaired) electrons. The summed E-state index contributed by atoms with van der Waals surface area (Å²) in [5.41, 5.74) is -0.153. The number of ether oxygens (including phenoxy) is 2. The molecule has 3 saturated heterocycles. The van der Waals surface area contributed by atoms with Gasteiger partial charge < -0.3 is 19.7 Å². The average Bonchev–Trinajstić information content (AvgIpc) is 3.34. The van der Waals surface area contributed by atoms with Crippen LogP contribution in [0.5, 0.6) is 6.01 Å². The fourth-order valence-electron chi connectivity index (χ4n) is 7.10. The van der Waals surface area contributed by atoms with E-state index in [1.165, 1.54) is 6.07 Å². The molecule has 2 aromatic heterocycles. The van der Waals surface area contributed by atoms with Crippen LogP contribution in [0.3, 0.4) is 0 Å². The Hall–Kier alpha value is -4.60. The Balaban J connectivity index is 1.28. The van der Waals surface area contributed by atoms with Gasteiger partial charge in [0.25, 0.3) is 0 Å². The zero-order valence-electron chi connectivity index (χ0n) is 27.4. The van der Waals surface area contributed by atoms with Gasteiger partial charge in [0.05, 0.1) is 23.0 Å². The van der Waals surface area contributed by atoms with E-state index in [4.69, 9.17) is 20.9 Å². The van der Waals surface area contributed by atoms with Crippen molar-refractivity contribution in [2.75, 3.05) is 57.3 Å². The molecule has 250 valence electrons. The van der Waals surface area contributed by atoms with E-state index >= 15 is 4.39 Å². The van der Waals surface area contributed by atoms with Crippen molar-refractivity contribution in [1.29, 1.82) is 0 Å². The van der Waals surface area contributed by atoms with E-state index in [0.29, 0.717) is 53.8 Å². The van der Waals surface area contributed by atoms with Crippen molar-refractivity contribution in [2.45, 2.75) is 51.3 Å². The lowest BCUT2D eigenvalue weighted by atomic mass is 9.96. The number of carbonyl (C=O) groups excluding carboxylic acids is 1. The Kier molecular flexibility index (Phi) is 8.51. The smallest absolute Gasteiger partial charge is 0.410 e. The lowest BCUT2D eigenvalue weighted by Crippen LogP contribution is -2.57. The molecule has 12 heteroatoms. The molecule has 4 aromatic rings. The maximum atomic E-state index is 16.8. The van der Waals surface area contributed by atoms with Gasteiger partial charge in [0.15, 0.2) is 5.82 Å². The number of fused-ring (bicyclic) bond motifs is 4. The van der Waals surface area contributed by atoms with Crippen LogP contribution in [0, 0.1) is 24.0 Å². The molecule has 10 nitrogen and oxygen atoms in total. The first-order valence-electron chi connectivity index (χ1n) is 16.5. The van der Waals surface area contributed by atoms with Crippen molar-refractivity contribution in [3.63, 3.8) is 0 Å². The quantitative estimate of drug-likeness (QED) is 0.289. The summed E-state index contributed by atoms with van der Waals surface area (Å²) in [5.74, 6) is 1.67. The highest BCUT2D eigenvalue weighted by Crippen LogP contribution is 2.39. The fraction of sp³-hybridized carbons (Fsp3) is 0.444. The maximum absolute atomic E-state index is 16.8. The number of hydrogen-bond donors (Lipinski definition) is 1. The monoisotopic (exact) mass is 655 g/mol. The van der Waals surface area contributed by atoms with Gasteiger partial charge in [-0.15, -0.1) is 6.42 Å². The molecule has 7 rings (SSSR count). The summed E-state index contributed by atoms with van der Waals surface area (Å²) >= 11 is 0. The SMILES string of the molecule is C#Cc1c(F)ccc2cccc(-c3ncc4c(N5CC6CCC(C5)N6C(=O)OC(C)(C)C)nc(OCCN5CCNCC5)nc4c3F)c12. The summed E-state index contributed by atoms with van der Waals surface area (Å²) in [7, 11) is 0. The molecule has 0 aliphatic carbocycles. The van der Waals surface area contributed by atoms with Gasteiger partial charge in [0.1, 0.15) is 35.1 Å². The standard InChI is InChI=1S/C36H39F2N7O3/c1-5-25-28(37)12-9-22-7-6-8-26(29(22)25)31-30(38)32-27(19-40-31)33(42-34(41-32)47-18-17-43-15-13-39-14-16-43)44-20-23-10-11-24(21-44)45(23)35(46)48-36(2,3)4/h1,6-9,12,19,23-24,39H,10-11,13-18,20-21H2,2-4H3. The largest absolute Gasteiger partial charge is 0.462 e. The highest BCUT2D eigenvalue weighted by Gasteiger charge is 2.45. The second-order valence-electron chi connectivity index (χ2n) is 13.6. The molecule has 1 amide bonds. The predicted octanol–water partition coefficient (Wildman–Crippen LogP) is 4.98. The number of nitrogens with one attached hydrogen (secondary N) is 1. The third kappa shape index (κ3) is 6.08. The van der Waals surface area contributed by atoms with Gasteiger partial charge in [-0.25, -0.2) is 13.6 Å². The molecule has 0 saturated carbocycles. The van der Waals surface area contributed by atoms with Crippen LogP contribution in [0.25, 0.3) is 32.9 Å². The van der Waals surface area contributed by atoms with Crippen molar-refractivity contribution in [2.24, 2.45) is 0 Å². The minimum atomic E-state index is -0.682. The molecular weight excluding hydrogens is 616 g/mol. The Morgan fingerprint density at radius 1 is 1.08 bits per heavy atom. The number of pyridine rings is 1. The average molecular weight is 656 g/mol. The van der Waals surface area contributed by atoms with E-state index in [1.807, 2.05) is 25.7 Å². The zero-order chi connectivity index (χ0) is 33.6. The normalized spacial score (nSPS) is 19.9. The molecule has 48 heavy (non-hydrogen) atoms. The summed E-state index contributed by atoms with van der Waals surface area (Å²) in [6.07, 6.45) is 8.59. The van der Waals surface area contributed by atoms with Crippen molar-refractivity contribution in [3.8, 4) is 29.6 Å². The number of aromatic nitrogens is 3. The minimum Gasteiger partial charge on any atom is -0.462 e. The molecule has 2 atom stereocenters. The molecular formula is C36H39F2N7O3. The lowest BCUT2D eigenvalue weighted by Gasteiger charge is -2.42. The Bertz CT molecular complexity index is 1900. The molecule has 1 N–H and O–H groups in total. The number of piperazine rings is 2. The van der Waals surface area contributed by atoms with Gasteiger partial charge >= 0.3 is 12.1 Å². The number of halogens is 2.